The van der Waals surface area contributed by atoms with E-state index < -0.39 is 0 Å². The summed E-state index contributed by atoms with van der Waals surface area (Å²) in [6.45, 7) is 18.4. The zero-order valence-electron chi connectivity index (χ0n) is 71.0. The molecule has 7 atom stereocenters. The van der Waals surface area contributed by atoms with Crippen LogP contribution in [0.5, 0.6) is 0 Å². The van der Waals surface area contributed by atoms with Gasteiger partial charge in [0, 0.05) is 157 Å². The van der Waals surface area contributed by atoms with Crippen LogP contribution in [-0.2, 0) is 45.8 Å². The summed E-state index contributed by atoms with van der Waals surface area (Å²) < 4.78 is 35.1. The zero-order valence-corrected chi connectivity index (χ0v) is 71.0. The molecule has 0 aromatic carbocycles. The molecule has 1 fully saturated rings. The van der Waals surface area contributed by atoms with E-state index in [4.69, 9.17) is 42.4 Å². The van der Waals surface area contributed by atoms with Crippen LogP contribution in [0.3, 0.4) is 0 Å². The van der Waals surface area contributed by atoms with E-state index in [9.17, 15) is 0 Å². The van der Waals surface area contributed by atoms with E-state index in [0.717, 1.165) is 118 Å². The number of guanidine groups is 14. The summed E-state index contributed by atoms with van der Waals surface area (Å²) in [5.41, 5.74) is 18.7. The first-order chi connectivity index (χ1) is 56.5. The van der Waals surface area contributed by atoms with E-state index in [1.54, 1.807) is 102 Å². The number of hydrogen-bond acceptors (Lipinski definition) is 33. The maximum Gasteiger partial charge on any atom is 0.205 e. The standard InChI is InChI=1S/C13H21N5O.C12H19N5O.2C11H17N5O.2C10H15N5O.C9H13N5O/c1-10-14-12(16(2)3)18(5)13(15-10)17(4)8-11-6-7-19-9-11;1-9-13-11(16(2)3)15-12(14-9)17(4)7-10-5-6-18-8-10;1-8-13-10(15-11(14-8)16(2)3)12-6-9-4-5-17-7-9;1-8-13-10(12-2)15-11(14-8)16(3)6-9-4-5-17-7-9;1-7-12-9(11)14-10(13-7)15(2)5-8-3-4-16-6-8;1-7-13-9(11-2)15-10(14-7)12-5-8-3-4-16-6-8;1-6-12-8(10)14-9(13-6)11-4-7-2-3-15-5-7/h6-7,9-10H,8H2,1-5H3;5-6,8-9H,7H2,1-4H3,(H,13,14,15);2*4-5,7-8H,6H2,1-3H3,(H2,12,13,14,15);3-4,6-7H,5H2,1-2H3,(H3,11,12,13,14);3-4,6-7H,5H2,1-2H3,(H3,11,12,13,14,15);2-3,5-6H,4H2,1H3,(H4,10,11,12,13,14). The molecule has 0 spiro atoms. The number of rotatable bonds is 14. The largest absolute Gasteiger partial charge is 0.472 e. The smallest absolute Gasteiger partial charge is 0.205 e. The summed E-state index contributed by atoms with van der Waals surface area (Å²) in [6, 6.07) is 13.4. The molecule has 42 nitrogen and oxygen atoms in total. The number of nitrogens with zero attached hydrogens (tertiary/aromatic N) is 22. The van der Waals surface area contributed by atoms with E-state index >= 15 is 0 Å². The topological polar surface area (TPSA) is 475 Å². The molecule has 0 aliphatic carbocycles. The highest BCUT2D eigenvalue weighted by molar-refractivity contribution is 6.04. The Balaban J connectivity index is 0.000000172. The minimum Gasteiger partial charge on any atom is -0.472 e. The lowest BCUT2D eigenvalue weighted by Crippen LogP contribution is -2.61. The summed E-state index contributed by atoms with van der Waals surface area (Å²) in [5.74, 6) is 10.1. The molecular weight excluding hydrogens is 1520 g/mol. The van der Waals surface area contributed by atoms with Gasteiger partial charge in [0.05, 0.1) is 113 Å². The van der Waals surface area contributed by atoms with Gasteiger partial charge in [0.1, 0.15) is 37.0 Å². The fourth-order valence-corrected chi connectivity index (χ4v) is 11.1. The van der Waals surface area contributed by atoms with Crippen molar-refractivity contribution in [3.8, 4) is 0 Å². The van der Waals surface area contributed by atoms with Gasteiger partial charge < -0.3 is 103 Å². The van der Waals surface area contributed by atoms with E-state index in [0.29, 0.717) is 50.0 Å². The van der Waals surface area contributed by atoms with Crippen LogP contribution in [0, 0.1) is 0 Å². The Morgan fingerprint density at radius 2 is 0.644 bits per heavy atom. The molecule has 0 saturated carbocycles. The van der Waals surface area contributed by atoms with Crippen LogP contribution in [0.2, 0.25) is 0 Å². The normalized spacial score (nSPS) is 21.2. The molecule has 7 aliphatic rings. The quantitative estimate of drug-likeness (QED) is 0.0732. The van der Waals surface area contributed by atoms with Crippen LogP contribution in [0.4, 0.5) is 0 Å². The van der Waals surface area contributed by atoms with Crippen molar-refractivity contribution in [2.45, 2.75) is 137 Å². The van der Waals surface area contributed by atoms with Gasteiger partial charge in [-0.3, -0.25) is 46.8 Å². The van der Waals surface area contributed by atoms with Crippen molar-refractivity contribution < 1.29 is 30.9 Å². The Labute approximate surface area is 688 Å². The predicted octanol–water partition coefficient (Wildman–Crippen LogP) is 3.96. The molecule has 7 aliphatic heterocycles. The molecule has 42 heteroatoms. The average molecular weight is 1630 g/mol. The number of aliphatic imine (C=N–C) groups is 14. The lowest BCUT2D eigenvalue weighted by molar-refractivity contribution is 0.403. The molecule has 7 aromatic heterocycles. The summed E-state index contributed by atoms with van der Waals surface area (Å²) in [5, 5.41) is 33.9. The highest BCUT2D eigenvalue weighted by Gasteiger charge is 2.26. The highest BCUT2D eigenvalue weighted by Crippen LogP contribution is 2.15. The lowest BCUT2D eigenvalue weighted by atomic mass is 10.3. The van der Waals surface area contributed by atoms with Gasteiger partial charge in [-0.25, -0.2) is 59.9 Å². The highest BCUT2D eigenvalue weighted by atomic mass is 16.3. The van der Waals surface area contributed by atoms with Crippen molar-refractivity contribution in [3.63, 3.8) is 0 Å². The molecule has 7 unspecified atom stereocenters. The molecule has 0 radical (unpaired) electrons. The third-order valence-electron chi connectivity index (χ3n) is 16.7. The minimum atomic E-state index is -0.136. The first kappa shape index (κ1) is 89.7. The Morgan fingerprint density at radius 1 is 0.331 bits per heavy atom. The first-order valence-electron chi connectivity index (χ1n) is 38.0. The molecule has 15 N–H and O–H groups in total. The van der Waals surface area contributed by atoms with E-state index in [1.165, 1.54) is 0 Å². The van der Waals surface area contributed by atoms with Gasteiger partial charge in [-0.15, -0.1) is 0 Å². The number of nitrogens with two attached hydrogens (primary N) is 2. The third kappa shape index (κ3) is 30.2. The Bertz CT molecular complexity index is 4570. The monoisotopic (exact) mass is 1630 g/mol. The molecule has 0 bridgehead atoms. The lowest BCUT2D eigenvalue weighted by Gasteiger charge is -2.35. The van der Waals surface area contributed by atoms with E-state index in [1.807, 2.05) is 203 Å². The van der Waals surface area contributed by atoms with Gasteiger partial charge in [-0.2, -0.15) is 0 Å². The van der Waals surface area contributed by atoms with Crippen LogP contribution in [0.1, 0.15) is 87.4 Å². The summed E-state index contributed by atoms with van der Waals surface area (Å²) >= 11 is 0. The van der Waals surface area contributed by atoms with E-state index in [2.05, 4.69) is 133 Å². The Hall–Kier alpha value is -13.9. The zero-order chi connectivity index (χ0) is 85.2. The van der Waals surface area contributed by atoms with Gasteiger partial charge in [0.25, 0.3) is 0 Å². The van der Waals surface area contributed by atoms with Crippen molar-refractivity contribution in [1.29, 1.82) is 0 Å². The molecular formula is C76H117N35O7. The molecule has 638 valence electrons. The predicted molar refractivity (Wildman–Crippen MR) is 462 cm³/mol. The van der Waals surface area contributed by atoms with Crippen molar-refractivity contribution in [1.82, 2.24) is 97.7 Å². The second-order valence-electron chi connectivity index (χ2n) is 28.0. The SMILES string of the molecule is CC1N=C(N(C)C)N(C)C(N(C)Cc2ccoc2)=N1.CC1N=C(N(C)C)NC(=NCc2ccoc2)N1.CC1N=C(N(C)C)NC(N(C)Cc2ccoc2)=N1.CC1N=C(N)NC(=NCc2ccoc2)N1.CC1N=C(N)NC(N(C)Cc2ccoc2)=N1.CN=C1NC(=NCc2ccoc2)NC(C)N1.CN=C1NC(N(C)Cc2ccoc2)=NC(C)N1. The summed E-state index contributed by atoms with van der Waals surface area (Å²) in [4.78, 5) is 76.6. The van der Waals surface area contributed by atoms with Gasteiger partial charge in [0.2, 0.25) is 41.7 Å². The van der Waals surface area contributed by atoms with Crippen molar-refractivity contribution in [2.75, 3.05) is 91.6 Å². The first-order valence-corrected chi connectivity index (χ1v) is 38.0. The average Bonchev–Trinajstić information content (AvgIpc) is 0.923. The summed E-state index contributed by atoms with van der Waals surface area (Å²) in [7, 11) is 25.1. The van der Waals surface area contributed by atoms with Gasteiger partial charge >= 0.3 is 0 Å². The fourth-order valence-electron chi connectivity index (χ4n) is 11.1. The molecule has 118 heavy (non-hydrogen) atoms. The second kappa shape index (κ2) is 45.3. The van der Waals surface area contributed by atoms with Crippen LogP contribution >= 0.6 is 0 Å². The van der Waals surface area contributed by atoms with Crippen molar-refractivity contribution in [2.24, 2.45) is 81.4 Å². The maximum absolute atomic E-state index is 5.64. The number of nitrogens with one attached hydrogen (secondary N) is 11. The molecule has 1 saturated heterocycles. The van der Waals surface area contributed by atoms with Gasteiger partial charge in [-0.05, 0) is 90.9 Å². The molecule has 0 amide bonds. The molecule has 14 rings (SSSR count). The Kier molecular flexibility index (Phi) is 34.4. The second-order valence-corrected chi connectivity index (χ2v) is 28.0. The van der Waals surface area contributed by atoms with Gasteiger partial charge in [-0.1, -0.05) is 0 Å². The van der Waals surface area contributed by atoms with Gasteiger partial charge in [0.15, 0.2) is 41.7 Å². The van der Waals surface area contributed by atoms with Crippen LogP contribution < -0.4 is 70.0 Å². The van der Waals surface area contributed by atoms with E-state index in [-0.39, 0.29) is 43.2 Å². The van der Waals surface area contributed by atoms with Crippen LogP contribution in [0.25, 0.3) is 0 Å². The van der Waals surface area contributed by atoms with Crippen molar-refractivity contribution in [3.05, 3.63) is 169 Å². The van der Waals surface area contributed by atoms with Crippen LogP contribution in [0.15, 0.2) is 231 Å². The molecule has 14 heterocycles. The summed E-state index contributed by atoms with van der Waals surface area (Å²) in [6.07, 6.45) is 23.4. The van der Waals surface area contributed by atoms with Crippen LogP contribution in [-0.4, -0.2) is 257 Å². The fraction of sp³-hybridized carbons (Fsp3) is 0.447. The Morgan fingerprint density at radius 3 is 1.05 bits per heavy atom. The molecule has 7 aromatic rings. The van der Waals surface area contributed by atoms with Crippen molar-refractivity contribution >= 4 is 83.4 Å². The maximum atomic E-state index is 5.64. The number of hydrogen-bond donors (Lipinski definition) is 13. The minimum absolute atomic E-state index is 0.0248. The third-order valence-corrected chi connectivity index (χ3v) is 16.7. The number of furan rings is 7.